The summed E-state index contributed by atoms with van der Waals surface area (Å²) in [6, 6.07) is 0.221. The monoisotopic (exact) mass is 293 g/mol. The zero-order valence-electron chi connectivity index (χ0n) is 12.4. The molecular weight excluding hydrogens is 270 g/mol. The van der Waals surface area contributed by atoms with E-state index in [1.165, 1.54) is 0 Å². The smallest absolute Gasteiger partial charge is 0.220 e. The third-order valence-corrected chi connectivity index (χ3v) is 4.64. The second-order valence-electron chi connectivity index (χ2n) is 5.96. The fourth-order valence-corrected chi connectivity index (χ4v) is 3.56. The number of nitrogens with zero attached hydrogens (tertiary/aromatic N) is 1. The summed E-state index contributed by atoms with van der Waals surface area (Å²) in [4.78, 5) is 12.1. The standard InChI is InChI=1S/C15H23N3O3/c1-20-9-12-14(11-5-6-21-15(11)12)18-13(19)4-2-3-10-7-16-17-8-10/h7-8,11-12,14-15H,2-6,9H2,1H3,(H,16,17)(H,18,19)/t11-,12+,14+,15-/m1/s1. The van der Waals surface area contributed by atoms with Gasteiger partial charge in [0.05, 0.1) is 18.9 Å². The molecule has 0 radical (unpaired) electrons. The number of carbonyl (C=O) groups excluding carboxylic acids is 1. The third-order valence-electron chi connectivity index (χ3n) is 4.64. The van der Waals surface area contributed by atoms with Crippen molar-refractivity contribution in [1.29, 1.82) is 0 Å². The van der Waals surface area contributed by atoms with Gasteiger partial charge in [-0.15, -0.1) is 0 Å². The molecule has 3 rings (SSSR count). The van der Waals surface area contributed by atoms with Crippen LogP contribution in [-0.2, 0) is 20.7 Å². The second-order valence-corrected chi connectivity index (χ2v) is 5.96. The van der Waals surface area contributed by atoms with Crippen molar-refractivity contribution in [1.82, 2.24) is 15.5 Å². The Morgan fingerprint density at radius 3 is 3.29 bits per heavy atom. The number of methoxy groups -OCH3 is 1. The van der Waals surface area contributed by atoms with Crippen LogP contribution in [-0.4, -0.2) is 48.6 Å². The van der Waals surface area contributed by atoms with E-state index in [-0.39, 0.29) is 18.1 Å². The van der Waals surface area contributed by atoms with Gasteiger partial charge >= 0.3 is 0 Å². The van der Waals surface area contributed by atoms with Crippen molar-refractivity contribution in [2.45, 2.75) is 37.8 Å². The molecular formula is C15H23N3O3. The summed E-state index contributed by atoms with van der Waals surface area (Å²) in [5.74, 6) is 0.915. The summed E-state index contributed by atoms with van der Waals surface area (Å²) in [6.07, 6.45) is 7.28. The maximum absolute atomic E-state index is 12.1. The lowest BCUT2D eigenvalue weighted by molar-refractivity contribution is -0.129. The number of H-pyrrole nitrogens is 1. The molecule has 0 aromatic carbocycles. The highest BCUT2D eigenvalue weighted by atomic mass is 16.5. The number of aromatic amines is 1. The highest BCUT2D eigenvalue weighted by molar-refractivity contribution is 5.76. The molecule has 2 aliphatic rings. The average Bonchev–Trinajstić information content (AvgIpc) is 3.12. The van der Waals surface area contributed by atoms with E-state index in [1.54, 1.807) is 13.3 Å². The van der Waals surface area contributed by atoms with E-state index in [1.807, 2.05) is 6.20 Å². The highest BCUT2D eigenvalue weighted by Crippen LogP contribution is 2.43. The molecule has 21 heavy (non-hydrogen) atoms. The average molecular weight is 293 g/mol. The number of amides is 1. The van der Waals surface area contributed by atoms with Gasteiger partial charge in [0.2, 0.25) is 5.91 Å². The van der Waals surface area contributed by atoms with Crippen LogP contribution in [0.15, 0.2) is 12.4 Å². The van der Waals surface area contributed by atoms with Crippen molar-refractivity contribution >= 4 is 5.91 Å². The molecule has 116 valence electrons. The van der Waals surface area contributed by atoms with Gasteiger partial charge in [-0.05, 0) is 24.8 Å². The van der Waals surface area contributed by atoms with Gasteiger partial charge in [0.1, 0.15) is 0 Å². The molecule has 0 unspecified atom stereocenters. The number of aryl methyl sites for hydroxylation is 1. The minimum atomic E-state index is 0.134. The molecule has 6 heteroatoms. The summed E-state index contributed by atoms with van der Waals surface area (Å²) < 4.78 is 11.0. The molecule has 2 fully saturated rings. The van der Waals surface area contributed by atoms with Crippen molar-refractivity contribution in [3.05, 3.63) is 18.0 Å². The Hall–Kier alpha value is -1.40. The van der Waals surface area contributed by atoms with Crippen molar-refractivity contribution in [3.8, 4) is 0 Å². The molecule has 6 nitrogen and oxygen atoms in total. The summed E-state index contributed by atoms with van der Waals surface area (Å²) in [6.45, 7) is 1.46. The first-order chi connectivity index (χ1) is 10.3. The van der Waals surface area contributed by atoms with Crippen LogP contribution in [0, 0.1) is 11.8 Å². The Morgan fingerprint density at radius 2 is 2.52 bits per heavy atom. The first-order valence-electron chi connectivity index (χ1n) is 7.67. The summed E-state index contributed by atoms with van der Waals surface area (Å²) in [7, 11) is 1.70. The van der Waals surface area contributed by atoms with Gasteiger partial charge in [0, 0.05) is 44.2 Å². The normalized spacial score (nSPS) is 30.7. The zero-order chi connectivity index (χ0) is 14.7. The lowest BCUT2D eigenvalue weighted by Crippen LogP contribution is -2.62. The topological polar surface area (TPSA) is 76.2 Å². The molecule has 1 aromatic rings. The predicted molar refractivity (Wildman–Crippen MR) is 76.7 cm³/mol. The number of ether oxygens (including phenoxy) is 2. The van der Waals surface area contributed by atoms with Gasteiger partial charge in [-0.3, -0.25) is 9.89 Å². The molecule has 1 aliphatic carbocycles. The Bertz CT molecular complexity index is 463. The van der Waals surface area contributed by atoms with Gasteiger partial charge in [0.15, 0.2) is 0 Å². The fourth-order valence-electron chi connectivity index (χ4n) is 3.56. The van der Waals surface area contributed by atoms with E-state index in [2.05, 4.69) is 15.5 Å². The van der Waals surface area contributed by atoms with E-state index in [0.29, 0.717) is 24.9 Å². The van der Waals surface area contributed by atoms with Gasteiger partial charge in [-0.1, -0.05) is 0 Å². The first-order valence-corrected chi connectivity index (χ1v) is 7.67. The number of carbonyl (C=O) groups is 1. The van der Waals surface area contributed by atoms with Crippen LogP contribution in [0.3, 0.4) is 0 Å². The second kappa shape index (κ2) is 6.58. The summed E-state index contributed by atoms with van der Waals surface area (Å²) in [5.41, 5.74) is 1.15. The van der Waals surface area contributed by atoms with Crippen molar-refractivity contribution in [2.75, 3.05) is 20.3 Å². The minimum Gasteiger partial charge on any atom is -0.384 e. The maximum Gasteiger partial charge on any atom is 0.220 e. The number of rotatable bonds is 7. The Balaban J connectivity index is 1.43. The molecule has 1 aromatic heterocycles. The largest absolute Gasteiger partial charge is 0.384 e. The Kier molecular flexibility index (Phi) is 4.55. The van der Waals surface area contributed by atoms with E-state index < -0.39 is 0 Å². The predicted octanol–water partition coefficient (Wildman–Crippen LogP) is 0.898. The zero-order valence-corrected chi connectivity index (χ0v) is 12.4. The number of hydrogen-bond acceptors (Lipinski definition) is 4. The molecule has 1 aliphatic heterocycles. The summed E-state index contributed by atoms with van der Waals surface area (Å²) >= 11 is 0. The van der Waals surface area contributed by atoms with Crippen molar-refractivity contribution < 1.29 is 14.3 Å². The van der Waals surface area contributed by atoms with Crippen LogP contribution in [0.5, 0.6) is 0 Å². The van der Waals surface area contributed by atoms with Gasteiger partial charge in [-0.2, -0.15) is 5.10 Å². The quantitative estimate of drug-likeness (QED) is 0.783. The third kappa shape index (κ3) is 3.11. The van der Waals surface area contributed by atoms with Crippen LogP contribution in [0.25, 0.3) is 0 Å². The van der Waals surface area contributed by atoms with Crippen molar-refractivity contribution in [2.24, 2.45) is 11.8 Å². The van der Waals surface area contributed by atoms with Crippen LogP contribution < -0.4 is 5.32 Å². The van der Waals surface area contributed by atoms with E-state index in [0.717, 1.165) is 31.4 Å². The molecule has 0 spiro atoms. The number of fused-ring (bicyclic) bond motifs is 1. The SMILES string of the molecule is COC[C@H]1[C@@H](NC(=O)CCCc2cn[nH]c2)[C@H]2CCO[C@H]21. The summed E-state index contributed by atoms with van der Waals surface area (Å²) in [5, 5.41) is 9.87. The number of nitrogens with one attached hydrogen (secondary N) is 2. The molecule has 1 saturated heterocycles. The van der Waals surface area contributed by atoms with Crippen LogP contribution in [0.2, 0.25) is 0 Å². The molecule has 2 N–H and O–H groups in total. The molecule has 1 saturated carbocycles. The van der Waals surface area contributed by atoms with E-state index in [4.69, 9.17) is 9.47 Å². The molecule has 4 atom stereocenters. The Labute approximate surface area is 124 Å². The maximum atomic E-state index is 12.1. The highest BCUT2D eigenvalue weighted by Gasteiger charge is 2.54. The van der Waals surface area contributed by atoms with Crippen LogP contribution >= 0.6 is 0 Å². The molecule has 2 heterocycles. The minimum absolute atomic E-state index is 0.134. The van der Waals surface area contributed by atoms with Crippen LogP contribution in [0.4, 0.5) is 0 Å². The van der Waals surface area contributed by atoms with E-state index >= 15 is 0 Å². The van der Waals surface area contributed by atoms with Gasteiger partial charge < -0.3 is 14.8 Å². The van der Waals surface area contributed by atoms with Gasteiger partial charge in [0.25, 0.3) is 0 Å². The van der Waals surface area contributed by atoms with Crippen molar-refractivity contribution in [3.63, 3.8) is 0 Å². The first kappa shape index (κ1) is 14.5. The lowest BCUT2D eigenvalue weighted by Gasteiger charge is -2.47. The Morgan fingerprint density at radius 1 is 1.62 bits per heavy atom. The van der Waals surface area contributed by atoms with Gasteiger partial charge in [-0.25, -0.2) is 0 Å². The number of aromatic nitrogens is 2. The van der Waals surface area contributed by atoms with Crippen LogP contribution in [0.1, 0.15) is 24.8 Å². The number of hydrogen-bond donors (Lipinski definition) is 2. The fraction of sp³-hybridized carbons (Fsp3) is 0.733. The lowest BCUT2D eigenvalue weighted by atomic mass is 9.67. The van der Waals surface area contributed by atoms with E-state index in [9.17, 15) is 4.79 Å². The molecule has 0 bridgehead atoms. The molecule has 1 amide bonds.